The van der Waals surface area contributed by atoms with Gasteiger partial charge in [0.1, 0.15) is 17.6 Å². The average Bonchev–Trinajstić information content (AvgIpc) is 3.53. The molecule has 5 heterocycles. The van der Waals surface area contributed by atoms with Gasteiger partial charge in [-0.1, -0.05) is 19.9 Å². The Morgan fingerprint density at radius 2 is 2.06 bits per heavy atom. The minimum Gasteiger partial charge on any atom is -0.442 e. The number of anilines is 1. The van der Waals surface area contributed by atoms with Crippen LogP contribution in [0.2, 0.25) is 0 Å². The summed E-state index contributed by atoms with van der Waals surface area (Å²) in [5, 5.41) is 0. The van der Waals surface area contributed by atoms with Crippen LogP contribution in [0.4, 0.5) is 10.6 Å². The van der Waals surface area contributed by atoms with Crippen LogP contribution in [-0.4, -0.2) is 81.1 Å². The molecular weight excluding hydrogens is 408 g/mol. The molecule has 0 radical (unpaired) electrons. The molecule has 0 spiro atoms. The Hall–Kier alpha value is -3.23. The Bertz CT molecular complexity index is 1020. The Morgan fingerprint density at radius 1 is 1.19 bits per heavy atom. The number of fused-ring (bicyclic) bond motifs is 1. The number of hydrogen-bond donors (Lipinski definition) is 0. The SMILES string of the molecule is CCC(=O)N1CCC(N2C(=O)O[C@H]3CN(c4cc(CC)nc(-c5ccccn5)n4)C[C@H]32)C1. The molecule has 0 N–H and O–H groups in total. The zero-order chi connectivity index (χ0) is 22.2. The molecule has 0 bridgehead atoms. The minimum atomic E-state index is -0.262. The van der Waals surface area contributed by atoms with E-state index in [4.69, 9.17) is 9.72 Å². The zero-order valence-corrected chi connectivity index (χ0v) is 18.5. The second-order valence-electron chi connectivity index (χ2n) is 8.55. The minimum absolute atomic E-state index is 0.00799. The summed E-state index contributed by atoms with van der Waals surface area (Å²) in [6, 6.07) is 7.68. The lowest BCUT2D eigenvalue weighted by atomic mass is 10.1. The van der Waals surface area contributed by atoms with E-state index in [0.717, 1.165) is 30.0 Å². The molecule has 2 amide bonds. The van der Waals surface area contributed by atoms with Gasteiger partial charge in [0.25, 0.3) is 0 Å². The number of aryl methyl sites for hydroxylation is 1. The fourth-order valence-electron chi connectivity index (χ4n) is 4.93. The van der Waals surface area contributed by atoms with Crippen LogP contribution >= 0.6 is 0 Å². The van der Waals surface area contributed by atoms with E-state index in [1.807, 2.05) is 41.0 Å². The highest BCUT2D eigenvalue weighted by Crippen LogP contribution is 2.34. The molecule has 2 aromatic rings. The molecule has 168 valence electrons. The second-order valence-corrected chi connectivity index (χ2v) is 8.55. The van der Waals surface area contributed by atoms with Gasteiger partial charge in [0.15, 0.2) is 5.82 Å². The lowest BCUT2D eigenvalue weighted by Crippen LogP contribution is -2.46. The van der Waals surface area contributed by atoms with Gasteiger partial charge in [-0.3, -0.25) is 14.7 Å². The summed E-state index contributed by atoms with van der Waals surface area (Å²) in [6.45, 7) is 6.47. The zero-order valence-electron chi connectivity index (χ0n) is 18.5. The topological polar surface area (TPSA) is 91.8 Å². The molecule has 0 saturated carbocycles. The van der Waals surface area contributed by atoms with Crippen molar-refractivity contribution in [3.63, 3.8) is 0 Å². The fraction of sp³-hybridized carbons (Fsp3) is 0.522. The van der Waals surface area contributed by atoms with Crippen molar-refractivity contribution in [1.29, 1.82) is 0 Å². The lowest BCUT2D eigenvalue weighted by molar-refractivity contribution is -0.129. The number of aromatic nitrogens is 3. The van der Waals surface area contributed by atoms with E-state index in [1.54, 1.807) is 6.20 Å². The van der Waals surface area contributed by atoms with Crippen LogP contribution in [0.3, 0.4) is 0 Å². The number of amides is 2. The molecule has 9 heteroatoms. The molecule has 2 aromatic heterocycles. The number of carbonyl (C=O) groups excluding carboxylic acids is 2. The lowest BCUT2D eigenvalue weighted by Gasteiger charge is -2.28. The normalized spacial score (nSPS) is 24.8. The number of rotatable bonds is 5. The quantitative estimate of drug-likeness (QED) is 0.709. The van der Waals surface area contributed by atoms with Gasteiger partial charge in [-0.15, -0.1) is 0 Å². The summed E-state index contributed by atoms with van der Waals surface area (Å²) in [5.41, 5.74) is 1.69. The highest BCUT2D eigenvalue weighted by atomic mass is 16.6. The number of hydrogen-bond acceptors (Lipinski definition) is 7. The summed E-state index contributed by atoms with van der Waals surface area (Å²) in [4.78, 5) is 44.5. The van der Waals surface area contributed by atoms with Crippen LogP contribution in [0.5, 0.6) is 0 Å². The summed E-state index contributed by atoms with van der Waals surface area (Å²) >= 11 is 0. The molecular formula is C23H28N6O3. The molecule has 0 aromatic carbocycles. The maximum Gasteiger partial charge on any atom is 0.410 e. The standard InChI is InChI=1S/C23H28N6O3/c1-3-15-11-20(26-22(25-15)17-7-5-6-9-24-17)28-13-18-19(14-28)32-23(31)29(18)16-8-10-27(12-16)21(30)4-2/h5-7,9,11,16,18-19H,3-4,8,10,12-14H2,1-2H3/t16?,18-,19+/m1/s1. The third-order valence-corrected chi connectivity index (χ3v) is 6.62. The van der Waals surface area contributed by atoms with Crippen LogP contribution in [0, 0.1) is 0 Å². The van der Waals surface area contributed by atoms with Crippen molar-refractivity contribution in [2.75, 3.05) is 31.1 Å². The summed E-state index contributed by atoms with van der Waals surface area (Å²) in [5.74, 6) is 1.58. The summed E-state index contributed by atoms with van der Waals surface area (Å²) in [7, 11) is 0. The first-order valence-electron chi connectivity index (χ1n) is 11.4. The Morgan fingerprint density at radius 3 is 2.81 bits per heavy atom. The van der Waals surface area contributed by atoms with Gasteiger partial charge in [0, 0.05) is 44.0 Å². The van der Waals surface area contributed by atoms with Crippen LogP contribution in [0.1, 0.15) is 32.4 Å². The smallest absolute Gasteiger partial charge is 0.410 e. The number of ether oxygens (including phenoxy) is 1. The average molecular weight is 437 g/mol. The van der Waals surface area contributed by atoms with Crippen LogP contribution < -0.4 is 4.90 Å². The second kappa shape index (κ2) is 8.37. The van der Waals surface area contributed by atoms with Crippen LogP contribution in [0.25, 0.3) is 11.5 Å². The van der Waals surface area contributed by atoms with Crippen molar-refractivity contribution < 1.29 is 14.3 Å². The third-order valence-electron chi connectivity index (χ3n) is 6.62. The molecule has 9 nitrogen and oxygen atoms in total. The van der Waals surface area contributed by atoms with Crippen molar-refractivity contribution in [2.45, 2.75) is 51.3 Å². The number of nitrogens with zero attached hydrogens (tertiary/aromatic N) is 6. The maximum atomic E-state index is 12.7. The number of pyridine rings is 1. The van der Waals surface area contributed by atoms with E-state index in [-0.39, 0.29) is 30.2 Å². The van der Waals surface area contributed by atoms with Crippen molar-refractivity contribution in [3.8, 4) is 11.5 Å². The highest BCUT2D eigenvalue weighted by molar-refractivity contribution is 5.77. The van der Waals surface area contributed by atoms with E-state index in [1.165, 1.54) is 0 Å². The van der Waals surface area contributed by atoms with Crippen molar-refractivity contribution in [2.24, 2.45) is 0 Å². The monoisotopic (exact) mass is 436 g/mol. The maximum absolute atomic E-state index is 12.7. The third kappa shape index (κ3) is 3.65. The van der Waals surface area contributed by atoms with E-state index in [2.05, 4.69) is 21.8 Å². The first-order chi connectivity index (χ1) is 15.6. The molecule has 3 saturated heterocycles. The van der Waals surface area contributed by atoms with E-state index in [9.17, 15) is 9.59 Å². The molecule has 0 aliphatic carbocycles. The van der Waals surface area contributed by atoms with Gasteiger partial charge in [0.2, 0.25) is 5.91 Å². The predicted octanol–water partition coefficient (Wildman–Crippen LogP) is 2.12. The first-order valence-corrected chi connectivity index (χ1v) is 11.4. The summed E-state index contributed by atoms with van der Waals surface area (Å²) < 4.78 is 5.74. The Balaban J connectivity index is 1.36. The van der Waals surface area contributed by atoms with Gasteiger partial charge in [0.05, 0.1) is 18.6 Å². The van der Waals surface area contributed by atoms with Gasteiger partial charge >= 0.3 is 6.09 Å². The number of likely N-dealkylation sites (tertiary alicyclic amines) is 1. The number of carbonyl (C=O) groups is 2. The molecule has 1 unspecified atom stereocenters. The fourth-order valence-corrected chi connectivity index (χ4v) is 4.93. The van der Waals surface area contributed by atoms with Gasteiger partial charge in [-0.25, -0.2) is 14.8 Å². The van der Waals surface area contributed by atoms with Crippen molar-refractivity contribution in [3.05, 3.63) is 36.2 Å². The first kappa shape index (κ1) is 20.7. The molecule has 3 aliphatic rings. The summed E-state index contributed by atoms with van der Waals surface area (Å²) in [6.07, 6.45) is 3.35. The van der Waals surface area contributed by atoms with E-state index in [0.29, 0.717) is 38.4 Å². The molecule has 5 rings (SSSR count). The molecule has 32 heavy (non-hydrogen) atoms. The van der Waals surface area contributed by atoms with Crippen LogP contribution in [0.15, 0.2) is 30.5 Å². The largest absolute Gasteiger partial charge is 0.442 e. The molecule has 3 aliphatic heterocycles. The van der Waals surface area contributed by atoms with Gasteiger partial charge in [-0.2, -0.15) is 0 Å². The van der Waals surface area contributed by atoms with E-state index < -0.39 is 0 Å². The van der Waals surface area contributed by atoms with Gasteiger partial charge < -0.3 is 14.5 Å². The molecule has 3 fully saturated rings. The van der Waals surface area contributed by atoms with Crippen molar-refractivity contribution >= 4 is 17.8 Å². The Labute approximate surface area is 187 Å². The van der Waals surface area contributed by atoms with Crippen molar-refractivity contribution in [1.82, 2.24) is 24.8 Å². The van der Waals surface area contributed by atoms with Gasteiger partial charge in [-0.05, 0) is 25.0 Å². The Kier molecular flexibility index (Phi) is 5.40. The van der Waals surface area contributed by atoms with E-state index >= 15 is 0 Å². The predicted molar refractivity (Wildman–Crippen MR) is 118 cm³/mol. The van der Waals surface area contributed by atoms with Crippen LogP contribution in [-0.2, 0) is 16.0 Å². The molecule has 3 atom stereocenters. The highest BCUT2D eigenvalue weighted by Gasteiger charge is 2.51.